The van der Waals surface area contributed by atoms with Crippen molar-refractivity contribution in [2.45, 2.75) is 19.4 Å². The Morgan fingerprint density at radius 1 is 1.58 bits per heavy atom. The summed E-state index contributed by atoms with van der Waals surface area (Å²) in [5.41, 5.74) is 7.15. The summed E-state index contributed by atoms with van der Waals surface area (Å²) in [7, 11) is 1.68. The number of phenols is 1. The Labute approximate surface area is 113 Å². The zero-order chi connectivity index (χ0) is 13.8. The molecule has 1 fully saturated rings. The number of anilines is 1. The van der Waals surface area contributed by atoms with E-state index < -0.39 is 0 Å². The second-order valence-electron chi connectivity index (χ2n) is 5.08. The van der Waals surface area contributed by atoms with Crippen molar-refractivity contribution in [1.29, 1.82) is 0 Å². The van der Waals surface area contributed by atoms with Crippen LogP contribution in [0, 0.1) is 5.92 Å². The molecule has 5 heteroatoms. The molecule has 1 aromatic rings. The Hall–Kier alpha value is -1.75. The number of benzene rings is 1. The van der Waals surface area contributed by atoms with E-state index in [0.717, 1.165) is 38.0 Å². The fraction of sp³-hybridized carbons (Fsp3) is 0.500. The normalized spacial score (nSPS) is 20.2. The van der Waals surface area contributed by atoms with Crippen LogP contribution in [0.3, 0.4) is 0 Å². The van der Waals surface area contributed by atoms with E-state index in [0.29, 0.717) is 5.69 Å². The van der Waals surface area contributed by atoms with Gasteiger partial charge in [-0.25, -0.2) is 0 Å². The molecule has 19 heavy (non-hydrogen) atoms. The summed E-state index contributed by atoms with van der Waals surface area (Å²) >= 11 is 0. The summed E-state index contributed by atoms with van der Waals surface area (Å²) in [6.07, 6.45) is 1.99. The van der Waals surface area contributed by atoms with Crippen LogP contribution in [0.2, 0.25) is 0 Å². The van der Waals surface area contributed by atoms with Crippen molar-refractivity contribution in [2.24, 2.45) is 5.92 Å². The van der Waals surface area contributed by atoms with Crippen molar-refractivity contribution < 1.29 is 9.90 Å². The van der Waals surface area contributed by atoms with Crippen LogP contribution in [-0.2, 0) is 11.3 Å². The van der Waals surface area contributed by atoms with E-state index in [9.17, 15) is 9.90 Å². The van der Waals surface area contributed by atoms with Crippen LogP contribution in [0.15, 0.2) is 18.2 Å². The number of aromatic hydroxyl groups is 1. The van der Waals surface area contributed by atoms with Crippen molar-refractivity contribution in [3.63, 3.8) is 0 Å². The van der Waals surface area contributed by atoms with E-state index in [1.165, 1.54) is 0 Å². The number of nitrogens with zero attached hydrogens (tertiary/aromatic N) is 1. The number of amides is 1. The summed E-state index contributed by atoms with van der Waals surface area (Å²) in [5.74, 6) is 0.314. The number of carbonyl (C=O) groups is 1. The molecule has 0 saturated carbocycles. The zero-order valence-corrected chi connectivity index (χ0v) is 11.2. The SMILES string of the molecule is CNC(=O)C1CCCN(Cc2ccc(O)c(N)c2)C1. The van der Waals surface area contributed by atoms with Crippen LogP contribution in [0.1, 0.15) is 18.4 Å². The number of carbonyl (C=O) groups excluding carboxylic acids is 1. The van der Waals surface area contributed by atoms with Gasteiger partial charge in [0.25, 0.3) is 0 Å². The molecule has 1 aromatic carbocycles. The average molecular weight is 263 g/mol. The predicted molar refractivity (Wildman–Crippen MR) is 74.6 cm³/mol. The van der Waals surface area contributed by atoms with E-state index in [1.54, 1.807) is 19.2 Å². The van der Waals surface area contributed by atoms with Crippen LogP contribution in [0.4, 0.5) is 5.69 Å². The van der Waals surface area contributed by atoms with Crippen molar-refractivity contribution in [3.8, 4) is 5.75 Å². The smallest absolute Gasteiger partial charge is 0.224 e. The van der Waals surface area contributed by atoms with Gasteiger partial charge in [0.05, 0.1) is 11.6 Å². The quantitative estimate of drug-likeness (QED) is 0.560. The van der Waals surface area contributed by atoms with Gasteiger partial charge in [-0.3, -0.25) is 9.69 Å². The second-order valence-corrected chi connectivity index (χ2v) is 5.08. The Balaban J connectivity index is 1.98. The molecule has 104 valence electrons. The number of hydrogen-bond acceptors (Lipinski definition) is 4. The summed E-state index contributed by atoms with van der Waals surface area (Å²) in [6, 6.07) is 5.28. The third kappa shape index (κ3) is 3.38. The number of nitrogens with two attached hydrogens (primary N) is 1. The molecule has 0 bridgehead atoms. The van der Waals surface area contributed by atoms with E-state index in [1.807, 2.05) is 6.07 Å². The monoisotopic (exact) mass is 263 g/mol. The molecular weight excluding hydrogens is 242 g/mol. The lowest BCUT2D eigenvalue weighted by molar-refractivity contribution is -0.126. The maximum atomic E-state index is 11.7. The minimum atomic E-state index is 0.0770. The summed E-state index contributed by atoms with van der Waals surface area (Å²) < 4.78 is 0. The van der Waals surface area contributed by atoms with Gasteiger partial charge in [-0.05, 0) is 37.1 Å². The van der Waals surface area contributed by atoms with Gasteiger partial charge < -0.3 is 16.2 Å². The highest BCUT2D eigenvalue weighted by Gasteiger charge is 2.24. The van der Waals surface area contributed by atoms with Gasteiger partial charge >= 0.3 is 0 Å². The largest absolute Gasteiger partial charge is 0.506 e. The average Bonchev–Trinajstić information content (AvgIpc) is 2.42. The number of nitrogens with one attached hydrogen (secondary N) is 1. The Kier molecular flexibility index (Phi) is 4.27. The molecule has 1 unspecified atom stereocenters. The van der Waals surface area contributed by atoms with E-state index in [4.69, 9.17) is 5.73 Å². The highest BCUT2D eigenvalue weighted by atomic mass is 16.3. The van der Waals surface area contributed by atoms with Gasteiger partial charge in [-0.2, -0.15) is 0 Å². The maximum absolute atomic E-state index is 11.7. The lowest BCUT2D eigenvalue weighted by atomic mass is 9.96. The van der Waals surface area contributed by atoms with Crippen LogP contribution >= 0.6 is 0 Å². The molecule has 0 aliphatic carbocycles. The van der Waals surface area contributed by atoms with E-state index in [-0.39, 0.29) is 17.6 Å². The number of nitrogen functional groups attached to an aromatic ring is 1. The highest BCUT2D eigenvalue weighted by Crippen LogP contribution is 2.23. The third-order valence-electron chi connectivity index (χ3n) is 3.62. The summed E-state index contributed by atoms with van der Waals surface area (Å²) in [6.45, 7) is 2.53. The molecule has 5 nitrogen and oxygen atoms in total. The Morgan fingerprint density at radius 2 is 2.37 bits per heavy atom. The van der Waals surface area contributed by atoms with E-state index >= 15 is 0 Å². The van der Waals surface area contributed by atoms with Gasteiger partial charge in [-0.1, -0.05) is 6.07 Å². The lowest BCUT2D eigenvalue weighted by Gasteiger charge is -2.31. The molecule has 1 aliphatic heterocycles. The van der Waals surface area contributed by atoms with Crippen LogP contribution in [0.5, 0.6) is 5.75 Å². The number of phenolic OH excluding ortho intramolecular Hbond substituents is 1. The molecule has 4 N–H and O–H groups in total. The molecule has 0 spiro atoms. The van der Waals surface area contributed by atoms with Crippen molar-refractivity contribution in [3.05, 3.63) is 23.8 Å². The molecule has 1 aliphatic rings. The first-order valence-electron chi connectivity index (χ1n) is 6.61. The first-order chi connectivity index (χ1) is 9.10. The van der Waals surface area contributed by atoms with Crippen molar-refractivity contribution in [1.82, 2.24) is 10.2 Å². The molecule has 1 saturated heterocycles. The fourth-order valence-corrected chi connectivity index (χ4v) is 2.58. The molecule has 2 rings (SSSR count). The van der Waals surface area contributed by atoms with Crippen LogP contribution in [0.25, 0.3) is 0 Å². The standard InChI is InChI=1S/C14H21N3O2/c1-16-14(19)11-3-2-6-17(9-11)8-10-4-5-13(18)12(15)7-10/h4-5,7,11,18H,2-3,6,8-9,15H2,1H3,(H,16,19). The molecule has 0 radical (unpaired) electrons. The second kappa shape index (κ2) is 5.93. The zero-order valence-electron chi connectivity index (χ0n) is 11.2. The Bertz CT molecular complexity index is 462. The van der Waals surface area contributed by atoms with Crippen LogP contribution < -0.4 is 11.1 Å². The first kappa shape index (κ1) is 13.7. The lowest BCUT2D eigenvalue weighted by Crippen LogP contribution is -2.41. The number of likely N-dealkylation sites (tertiary alicyclic amines) is 1. The number of rotatable bonds is 3. The van der Waals surface area contributed by atoms with Gasteiger partial charge in [0.2, 0.25) is 5.91 Å². The van der Waals surface area contributed by atoms with Crippen molar-refractivity contribution in [2.75, 3.05) is 25.9 Å². The topological polar surface area (TPSA) is 78.6 Å². The van der Waals surface area contributed by atoms with E-state index in [2.05, 4.69) is 10.2 Å². The minimum Gasteiger partial charge on any atom is -0.506 e. The summed E-state index contributed by atoms with van der Waals surface area (Å²) in [4.78, 5) is 13.9. The minimum absolute atomic E-state index is 0.0770. The molecule has 1 amide bonds. The van der Waals surface area contributed by atoms with Crippen LogP contribution in [-0.4, -0.2) is 36.1 Å². The van der Waals surface area contributed by atoms with Gasteiger partial charge in [0.15, 0.2) is 0 Å². The maximum Gasteiger partial charge on any atom is 0.224 e. The van der Waals surface area contributed by atoms with Gasteiger partial charge in [-0.15, -0.1) is 0 Å². The highest BCUT2D eigenvalue weighted by molar-refractivity contribution is 5.78. The number of piperidine rings is 1. The number of hydrogen-bond donors (Lipinski definition) is 3. The van der Waals surface area contributed by atoms with Gasteiger partial charge in [0, 0.05) is 20.1 Å². The molecule has 1 atom stereocenters. The first-order valence-corrected chi connectivity index (χ1v) is 6.61. The molecule has 1 heterocycles. The molecule has 0 aromatic heterocycles. The van der Waals surface area contributed by atoms with Gasteiger partial charge in [0.1, 0.15) is 5.75 Å². The third-order valence-corrected chi connectivity index (χ3v) is 3.62. The fourth-order valence-electron chi connectivity index (χ4n) is 2.58. The van der Waals surface area contributed by atoms with Crippen molar-refractivity contribution >= 4 is 11.6 Å². The Morgan fingerprint density at radius 3 is 3.05 bits per heavy atom. The summed E-state index contributed by atoms with van der Waals surface area (Å²) in [5, 5.41) is 12.1. The molecular formula is C14H21N3O2. The predicted octanol–water partition coefficient (Wildman–Crippen LogP) is 0.932.